The molecule has 0 aromatic heterocycles. The number of anilines is 3. The van der Waals surface area contributed by atoms with Gasteiger partial charge in [-0.1, -0.05) is 195 Å². The lowest BCUT2D eigenvalue weighted by molar-refractivity contribution is 0.445. The Balaban J connectivity index is 1.12. The van der Waals surface area contributed by atoms with Crippen LogP contribution in [0, 0.1) is 0 Å². The first-order chi connectivity index (χ1) is 28.3. The minimum absolute atomic E-state index is 0.596. The summed E-state index contributed by atoms with van der Waals surface area (Å²) in [6.07, 6.45) is 6.51. The Kier molecular flexibility index (Phi) is 9.42. The van der Waals surface area contributed by atoms with E-state index in [1.54, 1.807) is 0 Å². The third-order valence-electron chi connectivity index (χ3n) is 12.1. The number of nitrogens with zero attached hydrogens (tertiary/aromatic N) is 1. The molecule has 1 fully saturated rings. The molecule has 1 heteroatoms. The van der Waals surface area contributed by atoms with E-state index in [1.165, 1.54) is 109 Å². The maximum atomic E-state index is 2.47. The molecule has 0 bridgehead atoms. The maximum Gasteiger partial charge on any atom is 0.0540 e. The van der Waals surface area contributed by atoms with Crippen LogP contribution < -0.4 is 4.90 Å². The molecule has 0 aliphatic heterocycles. The number of hydrogen-bond acceptors (Lipinski definition) is 1. The van der Waals surface area contributed by atoms with E-state index in [0.29, 0.717) is 5.92 Å². The predicted molar refractivity (Wildman–Crippen MR) is 244 cm³/mol. The van der Waals surface area contributed by atoms with Crippen LogP contribution in [0.25, 0.3) is 66.1 Å². The Labute approximate surface area is 336 Å². The zero-order valence-corrected chi connectivity index (χ0v) is 32.2. The average Bonchev–Trinajstić information content (AvgIpc) is 3.30. The van der Waals surface area contributed by atoms with Gasteiger partial charge < -0.3 is 4.90 Å². The van der Waals surface area contributed by atoms with Gasteiger partial charge in [0.1, 0.15) is 0 Å². The van der Waals surface area contributed by atoms with E-state index in [1.807, 2.05) is 0 Å². The molecule has 0 amide bonds. The molecular weight excluding hydrogens is 687 g/mol. The molecule has 1 aliphatic rings. The second-order valence-electron chi connectivity index (χ2n) is 15.5. The van der Waals surface area contributed by atoms with Crippen molar-refractivity contribution in [3.05, 3.63) is 212 Å². The summed E-state index contributed by atoms with van der Waals surface area (Å²) in [4.78, 5) is 2.47. The van der Waals surface area contributed by atoms with Crippen molar-refractivity contribution in [2.75, 3.05) is 4.90 Å². The Morgan fingerprint density at radius 2 is 0.895 bits per heavy atom. The number of hydrogen-bond donors (Lipinski definition) is 0. The molecule has 9 aromatic rings. The number of fused-ring (bicyclic) bond motifs is 2. The molecule has 0 N–H and O–H groups in total. The van der Waals surface area contributed by atoms with E-state index < -0.39 is 0 Å². The minimum atomic E-state index is 0.596. The molecule has 1 nitrogen and oxygen atoms in total. The van der Waals surface area contributed by atoms with Gasteiger partial charge in [0.2, 0.25) is 0 Å². The summed E-state index contributed by atoms with van der Waals surface area (Å²) in [6, 6.07) is 75.9. The van der Waals surface area contributed by atoms with Crippen LogP contribution in [0.15, 0.2) is 206 Å². The molecule has 274 valence electrons. The highest BCUT2D eigenvalue weighted by Gasteiger charge is 2.23. The Morgan fingerprint density at radius 3 is 1.67 bits per heavy atom. The molecule has 0 radical (unpaired) electrons. The summed E-state index contributed by atoms with van der Waals surface area (Å²) in [5.41, 5.74) is 14.8. The van der Waals surface area contributed by atoms with Gasteiger partial charge in [0, 0.05) is 16.9 Å². The van der Waals surface area contributed by atoms with E-state index in [4.69, 9.17) is 0 Å². The lowest BCUT2D eigenvalue weighted by Gasteiger charge is -2.29. The van der Waals surface area contributed by atoms with Crippen molar-refractivity contribution >= 4 is 38.6 Å². The lowest BCUT2D eigenvalue weighted by Crippen LogP contribution is -2.11. The first-order valence-corrected chi connectivity index (χ1v) is 20.5. The van der Waals surface area contributed by atoms with Gasteiger partial charge in [-0.05, 0) is 115 Å². The van der Waals surface area contributed by atoms with Crippen LogP contribution in [0.4, 0.5) is 17.1 Å². The van der Waals surface area contributed by atoms with Crippen molar-refractivity contribution in [1.29, 1.82) is 0 Å². The predicted octanol–water partition coefficient (Wildman–Crippen LogP) is 16.2. The molecular formula is C56H45N. The lowest BCUT2D eigenvalue weighted by atomic mass is 9.80. The maximum absolute atomic E-state index is 2.47. The second-order valence-corrected chi connectivity index (χ2v) is 15.5. The SMILES string of the molecule is c1ccc(-c2ccc(-c3ccc(N(c4cccc(-c5cccc6ccccc56)c4)c4ccccc4-c4cccc5cccc(C6CCCCC6)c45)cc3)cc2)cc1. The zero-order valence-electron chi connectivity index (χ0n) is 32.2. The van der Waals surface area contributed by atoms with E-state index in [-0.39, 0.29) is 0 Å². The fraction of sp³-hybridized carbons (Fsp3) is 0.107. The molecule has 10 rings (SSSR count). The highest BCUT2D eigenvalue weighted by Crippen LogP contribution is 2.46. The van der Waals surface area contributed by atoms with Crippen LogP contribution >= 0.6 is 0 Å². The smallest absolute Gasteiger partial charge is 0.0540 e. The Morgan fingerprint density at radius 1 is 0.351 bits per heavy atom. The third-order valence-corrected chi connectivity index (χ3v) is 12.1. The highest BCUT2D eigenvalue weighted by atomic mass is 15.1. The van der Waals surface area contributed by atoms with Crippen LogP contribution in [0.3, 0.4) is 0 Å². The third kappa shape index (κ3) is 6.81. The number of rotatable bonds is 8. The van der Waals surface area contributed by atoms with Gasteiger partial charge in [0.25, 0.3) is 0 Å². The van der Waals surface area contributed by atoms with Crippen molar-refractivity contribution in [2.24, 2.45) is 0 Å². The molecule has 0 spiro atoms. The number of para-hydroxylation sites is 1. The Hall–Kier alpha value is -6.70. The normalized spacial score (nSPS) is 13.2. The van der Waals surface area contributed by atoms with Crippen LogP contribution in [-0.4, -0.2) is 0 Å². The highest BCUT2D eigenvalue weighted by molar-refractivity contribution is 6.04. The van der Waals surface area contributed by atoms with E-state index in [2.05, 4.69) is 211 Å². The first kappa shape index (κ1) is 34.8. The molecule has 1 saturated carbocycles. The van der Waals surface area contributed by atoms with Crippen LogP contribution in [0.1, 0.15) is 43.6 Å². The van der Waals surface area contributed by atoms with Crippen molar-refractivity contribution in [2.45, 2.75) is 38.0 Å². The summed E-state index contributed by atoms with van der Waals surface area (Å²) in [5.74, 6) is 0.596. The van der Waals surface area contributed by atoms with Crippen molar-refractivity contribution < 1.29 is 0 Å². The Bertz CT molecular complexity index is 2800. The first-order valence-electron chi connectivity index (χ1n) is 20.5. The van der Waals surface area contributed by atoms with Crippen LogP contribution in [-0.2, 0) is 0 Å². The van der Waals surface area contributed by atoms with Gasteiger partial charge in [0.15, 0.2) is 0 Å². The average molecular weight is 732 g/mol. The van der Waals surface area contributed by atoms with E-state index >= 15 is 0 Å². The summed E-state index contributed by atoms with van der Waals surface area (Å²) < 4.78 is 0. The number of benzene rings is 9. The van der Waals surface area contributed by atoms with Crippen LogP contribution in [0.5, 0.6) is 0 Å². The molecule has 0 unspecified atom stereocenters. The minimum Gasteiger partial charge on any atom is -0.310 e. The van der Waals surface area contributed by atoms with Crippen molar-refractivity contribution in [1.82, 2.24) is 0 Å². The van der Waals surface area contributed by atoms with Crippen molar-refractivity contribution in [3.63, 3.8) is 0 Å². The monoisotopic (exact) mass is 731 g/mol. The van der Waals surface area contributed by atoms with Crippen LogP contribution in [0.2, 0.25) is 0 Å². The molecule has 0 atom stereocenters. The second kappa shape index (κ2) is 15.4. The summed E-state index contributed by atoms with van der Waals surface area (Å²) >= 11 is 0. The van der Waals surface area contributed by atoms with Gasteiger partial charge in [-0.25, -0.2) is 0 Å². The molecule has 9 aromatic carbocycles. The molecule has 1 aliphatic carbocycles. The molecule has 57 heavy (non-hydrogen) atoms. The largest absolute Gasteiger partial charge is 0.310 e. The fourth-order valence-corrected chi connectivity index (χ4v) is 9.25. The van der Waals surface area contributed by atoms with Gasteiger partial charge >= 0.3 is 0 Å². The summed E-state index contributed by atoms with van der Waals surface area (Å²) in [5, 5.41) is 5.23. The van der Waals surface area contributed by atoms with Gasteiger partial charge in [-0.2, -0.15) is 0 Å². The topological polar surface area (TPSA) is 3.24 Å². The van der Waals surface area contributed by atoms with E-state index in [9.17, 15) is 0 Å². The summed E-state index contributed by atoms with van der Waals surface area (Å²) in [7, 11) is 0. The van der Waals surface area contributed by atoms with Gasteiger partial charge in [-0.3, -0.25) is 0 Å². The molecule has 0 heterocycles. The quantitative estimate of drug-likeness (QED) is 0.150. The van der Waals surface area contributed by atoms with Crippen molar-refractivity contribution in [3.8, 4) is 44.5 Å². The van der Waals surface area contributed by atoms with Gasteiger partial charge in [-0.15, -0.1) is 0 Å². The summed E-state index contributed by atoms with van der Waals surface area (Å²) in [6.45, 7) is 0. The zero-order chi connectivity index (χ0) is 38.0. The van der Waals surface area contributed by atoms with Gasteiger partial charge in [0.05, 0.1) is 5.69 Å². The van der Waals surface area contributed by atoms with E-state index in [0.717, 1.165) is 11.4 Å². The fourth-order valence-electron chi connectivity index (χ4n) is 9.25. The molecule has 0 saturated heterocycles. The standard InChI is InChI=1S/C56H45N/c1-3-15-40(16-4-1)41-31-33-42(34-32-41)43-35-37-48(38-36-43)57(49-24-11-23-47(39-49)51-27-12-20-44-19-7-8-25-50(44)51)55-30-10-9-26-53(55)54-29-14-22-46-21-13-28-52(56(46)54)45-17-5-2-6-18-45/h1,3-4,7-16,19-39,45H,2,5-6,17-18H2.